The summed E-state index contributed by atoms with van der Waals surface area (Å²) < 4.78 is 11.7. The van der Waals surface area contributed by atoms with E-state index >= 15 is 0 Å². The van der Waals surface area contributed by atoms with E-state index in [2.05, 4.69) is 47.1 Å². The van der Waals surface area contributed by atoms with Gasteiger partial charge in [0.15, 0.2) is 11.5 Å². The number of benzene rings is 2. The van der Waals surface area contributed by atoms with Gasteiger partial charge in [-0.25, -0.2) is 0 Å². The molecule has 3 heteroatoms. The number of halogens is 1. The van der Waals surface area contributed by atoms with E-state index in [-0.39, 0.29) is 0 Å². The van der Waals surface area contributed by atoms with Gasteiger partial charge in [-0.1, -0.05) is 47.1 Å². The highest BCUT2D eigenvalue weighted by atomic mass is 79.9. The van der Waals surface area contributed by atoms with Crippen molar-refractivity contribution in [3.05, 3.63) is 57.6 Å². The molecule has 20 heavy (non-hydrogen) atoms. The normalized spacial score (nSPS) is 10.4. The van der Waals surface area contributed by atoms with E-state index < -0.39 is 0 Å². The van der Waals surface area contributed by atoms with Crippen LogP contribution < -0.4 is 9.47 Å². The first-order valence-electron chi connectivity index (χ1n) is 6.66. The van der Waals surface area contributed by atoms with Gasteiger partial charge in [-0.05, 0) is 41.7 Å². The smallest absolute Gasteiger partial charge is 0.161 e. The van der Waals surface area contributed by atoms with Gasteiger partial charge < -0.3 is 9.47 Å². The molecule has 0 spiro atoms. The zero-order valence-electron chi connectivity index (χ0n) is 12.1. The molecule has 2 aromatic carbocycles. The van der Waals surface area contributed by atoms with E-state index in [0.717, 1.165) is 28.8 Å². The number of methoxy groups -OCH3 is 2. The summed E-state index contributed by atoms with van der Waals surface area (Å²) in [7, 11) is 3.30. The Labute approximate surface area is 128 Å². The summed E-state index contributed by atoms with van der Waals surface area (Å²) in [6, 6.07) is 12.7. The van der Waals surface area contributed by atoms with Crippen molar-refractivity contribution in [2.24, 2.45) is 0 Å². The third-order valence-electron chi connectivity index (χ3n) is 3.38. The van der Waals surface area contributed by atoms with Gasteiger partial charge in [-0.15, -0.1) is 0 Å². The molecule has 0 atom stereocenters. The van der Waals surface area contributed by atoms with Gasteiger partial charge in [0.2, 0.25) is 0 Å². The van der Waals surface area contributed by atoms with Gasteiger partial charge in [0.1, 0.15) is 0 Å². The lowest BCUT2D eigenvalue weighted by Gasteiger charge is -2.12. The summed E-state index contributed by atoms with van der Waals surface area (Å²) in [4.78, 5) is 0. The van der Waals surface area contributed by atoms with Crippen molar-refractivity contribution in [2.75, 3.05) is 14.2 Å². The van der Waals surface area contributed by atoms with Crippen LogP contribution in [-0.4, -0.2) is 14.2 Å². The highest BCUT2D eigenvalue weighted by Gasteiger charge is 2.10. The molecule has 0 saturated carbocycles. The van der Waals surface area contributed by atoms with Crippen molar-refractivity contribution in [1.29, 1.82) is 0 Å². The maximum atomic E-state index is 5.36. The van der Waals surface area contributed by atoms with Gasteiger partial charge in [-0.2, -0.15) is 0 Å². The lowest BCUT2D eigenvalue weighted by atomic mass is 10.0. The summed E-state index contributed by atoms with van der Waals surface area (Å²) in [5.41, 5.74) is 3.84. The second-order valence-corrected chi connectivity index (χ2v) is 5.50. The number of hydrogen-bond acceptors (Lipinski definition) is 2. The Hall–Kier alpha value is -1.48. The molecule has 0 heterocycles. The number of hydrogen-bond donors (Lipinski definition) is 0. The van der Waals surface area contributed by atoms with Crippen LogP contribution in [0.4, 0.5) is 0 Å². The van der Waals surface area contributed by atoms with Gasteiger partial charge in [0, 0.05) is 4.47 Å². The van der Waals surface area contributed by atoms with Crippen LogP contribution in [0.5, 0.6) is 11.5 Å². The Balaban J connectivity index is 2.27. The highest BCUT2D eigenvalue weighted by Crippen LogP contribution is 2.34. The minimum Gasteiger partial charge on any atom is -0.493 e. The van der Waals surface area contributed by atoms with Crippen LogP contribution in [-0.2, 0) is 12.8 Å². The lowest BCUT2D eigenvalue weighted by molar-refractivity contribution is 0.354. The van der Waals surface area contributed by atoms with Gasteiger partial charge in [0.05, 0.1) is 14.2 Å². The van der Waals surface area contributed by atoms with E-state index in [1.807, 2.05) is 12.1 Å². The number of ether oxygens (including phenoxy) is 2. The molecule has 0 amide bonds. The summed E-state index contributed by atoms with van der Waals surface area (Å²) in [6.45, 7) is 2.17. The molecule has 2 nitrogen and oxygen atoms in total. The summed E-state index contributed by atoms with van der Waals surface area (Å²) in [6.07, 6.45) is 1.94. The fraction of sp³-hybridized carbons (Fsp3) is 0.294. The molecule has 0 aliphatic rings. The molecular weight excluding hydrogens is 316 g/mol. The summed E-state index contributed by atoms with van der Waals surface area (Å²) >= 11 is 3.60. The average molecular weight is 335 g/mol. The van der Waals surface area contributed by atoms with Crippen molar-refractivity contribution < 1.29 is 9.47 Å². The third-order valence-corrected chi connectivity index (χ3v) is 4.12. The summed E-state index contributed by atoms with van der Waals surface area (Å²) in [5, 5.41) is 0. The third kappa shape index (κ3) is 3.34. The lowest BCUT2D eigenvalue weighted by Crippen LogP contribution is -1.95. The zero-order valence-corrected chi connectivity index (χ0v) is 13.7. The quantitative estimate of drug-likeness (QED) is 0.794. The fourth-order valence-corrected chi connectivity index (χ4v) is 2.61. The molecular formula is C17H19BrO2. The van der Waals surface area contributed by atoms with Crippen molar-refractivity contribution in [2.45, 2.75) is 19.8 Å². The van der Waals surface area contributed by atoms with Gasteiger partial charge >= 0.3 is 0 Å². The van der Waals surface area contributed by atoms with Crippen LogP contribution >= 0.6 is 15.9 Å². The van der Waals surface area contributed by atoms with Crippen LogP contribution in [0.15, 0.2) is 40.9 Å². The topological polar surface area (TPSA) is 18.5 Å². The maximum Gasteiger partial charge on any atom is 0.161 e. The van der Waals surface area contributed by atoms with E-state index in [1.165, 1.54) is 16.7 Å². The number of rotatable bonds is 5. The molecule has 2 aromatic rings. The standard InChI is InChI=1S/C17H19BrO2/c1-4-12-5-7-13(8-6-12)9-14-10-16(19-2)17(20-3)11-15(14)18/h5-8,10-11H,4,9H2,1-3H3. The van der Waals surface area contributed by atoms with E-state index in [0.29, 0.717) is 0 Å². The van der Waals surface area contributed by atoms with E-state index in [1.54, 1.807) is 14.2 Å². The SMILES string of the molecule is CCc1ccc(Cc2cc(OC)c(OC)cc2Br)cc1. The second-order valence-electron chi connectivity index (χ2n) is 4.65. The molecule has 2 rings (SSSR count). The predicted molar refractivity (Wildman–Crippen MR) is 85.9 cm³/mol. The van der Waals surface area contributed by atoms with E-state index in [9.17, 15) is 0 Å². The van der Waals surface area contributed by atoms with Crippen molar-refractivity contribution in [1.82, 2.24) is 0 Å². The molecule has 0 saturated heterocycles. The summed E-state index contributed by atoms with van der Waals surface area (Å²) in [5.74, 6) is 1.50. The van der Waals surface area contributed by atoms with Crippen molar-refractivity contribution in [3.8, 4) is 11.5 Å². The Bertz CT molecular complexity index is 576. The maximum absolute atomic E-state index is 5.36. The molecule has 0 bridgehead atoms. The highest BCUT2D eigenvalue weighted by molar-refractivity contribution is 9.10. The van der Waals surface area contributed by atoms with Crippen LogP contribution in [0.2, 0.25) is 0 Å². The van der Waals surface area contributed by atoms with Crippen LogP contribution in [0.3, 0.4) is 0 Å². The molecule has 0 aliphatic carbocycles. The molecule has 0 aliphatic heterocycles. The minimum atomic E-state index is 0.740. The molecule has 0 fully saturated rings. The first-order chi connectivity index (χ1) is 9.67. The molecule has 0 unspecified atom stereocenters. The molecule has 0 aromatic heterocycles. The largest absolute Gasteiger partial charge is 0.493 e. The van der Waals surface area contributed by atoms with Gasteiger partial charge in [0.25, 0.3) is 0 Å². The monoisotopic (exact) mass is 334 g/mol. The molecule has 0 N–H and O–H groups in total. The molecule has 106 valence electrons. The Morgan fingerprint density at radius 3 is 2.00 bits per heavy atom. The Morgan fingerprint density at radius 2 is 1.45 bits per heavy atom. The average Bonchev–Trinajstić information content (AvgIpc) is 2.49. The van der Waals surface area contributed by atoms with Crippen LogP contribution in [0.25, 0.3) is 0 Å². The minimum absolute atomic E-state index is 0.740. The predicted octanol–water partition coefficient (Wildman–Crippen LogP) is 4.62. The zero-order chi connectivity index (χ0) is 14.5. The van der Waals surface area contributed by atoms with Gasteiger partial charge in [-0.3, -0.25) is 0 Å². The van der Waals surface area contributed by atoms with Crippen molar-refractivity contribution >= 4 is 15.9 Å². The van der Waals surface area contributed by atoms with Crippen LogP contribution in [0.1, 0.15) is 23.6 Å². The van der Waals surface area contributed by atoms with E-state index in [4.69, 9.17) is 9.47 Å². The Morgan fingerprint density at radius 1 is 0.900 bits per heavy atom. The second kappa shape index (κ2) is 6.80. The first-order valence-corrected chi connectivity index (χ1v) is 7.45. The Kier molecular flexibility index (Phi) is 5.07. The van der Waals surface area contributed by atoms with Crippen LogP contribution in [0, 0.1) is 0 Å². The number of aryl methyl sites for hydroxylation is 1. The first kappa shape index (κ1) is 14.9. The molecule has 0 radical (unpaired) electrons. The van der Waals surface area contributed by atoms with Crippen molar-refractivity contribution in [3.63, 3.8) is 0 Å². The fourth-order valence-electron chi connectivity index (χ4n) is 2.14.